The van der Waals surface area contributed by atoms with E-state index in [9.17, 15) is 13.2 Å². The molecule has 0 unspecified atom stereocenters. The Morgan fingerprint density at radius 3 is 2.40 bits per heavy atom. The van der Waals surface area contributed by atoms with Crippen LogP contribution in [-0.4, -0.2) is 56.3 Å². The van der Waals surface area contributed by atoms with Crippen molar-refractivity contribution >= 4 is 33.0 Å². The summed E-state index contributed by atoms with van der Waals surface area (Å²) in [6.07, 6.45) is 0. The first-order chi connectivity index (χ1) is 11.9. The molecular weight excluding hydrogens is 358 g/mol. The summed E-state index contributed by atoms with van der Waals surface area (Å²) < 4.78 is 26.8. The average Bonchev–Trinajstić information content (AvgIpc) is 3.13. The van der Waals surface area contributed by atoms with E-state index in [1.54, 1.807) is 17.5 Å². The van der Waals surface area contributed by atoms with Gasteiger partial charge in [0.25, 0.3) is 10.0 Å². The first-order valence-electron chi connectivity index (χ1n) is 8.08. The van der Waals surface area contributed by atoms with Gasteiger partial charge in [-0.15, -0.1) is 11.3 Å². The maximum absolute atomic E-state index is 12.5. The molecule has 1 aliphatic heterocycles. The molecule has 1 saturated heterocycles. The van der Waals surface area contributed by atoms with Gasteiger partial charge in [-0.05, 0) is 30.5 Å². The smallest absolute Gasteiger partial charge is 0.252 e. The number of carbonyl (C=O) groups is 1. The lowest BCUT2D eigenvalue weighted by Gasteiger charge is -2.33. The van der Waals surface area contributed by atoms with Crippen molar-refractivity contribution in [3.63, 3.8) is 0 Å². The van der Waals surface area contributed by atoms with Crippen LogP contribution in [0.1, 0.15) is 5.56 Å². The number of nitrogens with zero attached hydrogens (tertiary/aromatic N) is 2. The van der Waals surface area contributed by atoms with Crippen molar-refractivity contribution < 1.29 is 13.2 Å². The molecule has 0 aliphatic carbocycles. The van der Waals surface area contributed by atoms with Crippen molar-refractivity contribution in [2.45, 2.75) is 11.1 Å². The van der Waals surface area contributed by atoms with Gasteiger partial charge in [0.05, 0.1) is 6.54 Å². The summed E-state index contributed by atoms with van der Waals surface area (Å²) in [6.45, 7) is 4.16. The normalized spacial score (nSPS) is 16.7. The standard InChI is InChI=1S/C17H21N3O3S2/c1-14-4-6-15(7-5-14)18-16(21)13-19-8-10-20(11-9-19)25(22,23)17-3-2-12-24-17/h2-7,12H,8-11,13H2,1H3,(H,18,21). The van der Waals surface area contributed by atoms with Crippen molar-refractivity contribution in [2.24, 2.45) is 0 Å². The largest absolute Gasteiger partial charge is 0.325 e. The minimum Gasteiger partial charge on any atom is -0.325 e. The van der Waals surface area contributed by atoms with E-state index in [1.807, 2.05) is 36.1 Å². The monoisotopic (exact) mass is 379 g/mol. The Labute approximate surface area is 152 Å². The van der Waals surface area contributed by atoms with E-state index in [0.717, 1.165) is 11.3 Å². The molecule has 1 N–H and O–H groups in total. The third-order valence-electron chi connectivity index (χ3n) is 4.12. The van der Waals surface area contributed by atoms with Gasteiger partial charge >= 0.3 is 0 Å². The SMILES string of the molecule is Cc1ccc(NC(=O)CN2CCN(S(=O)(=O)c3cccs3)CC2)cc1. The number of hydrogen-bond donors (Lipinski definition) is 1. The Hall–Kier alpha value is -1.74. The number of carbonyl (C=O) groups excluding carboxylic acids is 1. The molecular formula is C17H21N3O3S2. The van der Waals surface area contributed by atoms with E-state index >= 15 is 0 Å². The number of piperazine rings is 1. The molecule has 0 saturated carbocycles. The first-order valence-corrected chi connectivity index (χ1v) is 10.4. The van der Waals surface area contributed by atoms with Crippen LogP contribution < -0.4 is 5.32 Å². The van der Waals surface area contributed by atoms with Crippen LogP contribution in [0, 0.1) is 6.92 Å². The molecule has 1 aromatic carbocycles. The Morgan fingerprint density at radius 2 is 1.80 bits per heavy atom. The molecule has 25 heavy (non-hydrogen) atoms. The van der Waals surface area contributed by atoms with Gasteiger partial charge in [-0.1, -0.05) is 23.8 Å². The van der Waals surface area contributed by atoms with Gasteiger partial charge in [0.2, 0.25) is 5.91 Å². The molecule has 8 heteroatoms. The number of amides is 1. The number of benzene rings is 1. The quantitative estimate of drug-likeness (QED) is 0.863. The van der Waals surface area contributed by atoms with Crippen molar-refractivity contribution in [3.05, 3.63) is 47.3 Å². The molecule has 3 rings (SSSR count). The number of anilines is 1. The van der Waals surface area contributed by atoms with E-state index in [1.165, 1.54) is 15.6 Å². The molecule has 0 atom stereocenters. The summed E-state index contributed by atoms with van der Waals surface area (Å²) in [4.78, 5) is 14.1. The highest BCUT2D eigenvalue weighted by Gasteiger charge is 2.29. The molecule has 134 valence electrons. The van der Waals surface area contributed by atoms with Crippen LogP contribution >= 0.6 is 11.3 Å². The van der Waals surface area contributed by atoms with E-state index in [-0.39, 0.29) is 12.5 Å². The van der Waals surface area contributed by atoms with Crippen molar-refractivity contribution in [2.75, 3.05) is 38.0 Å². The third kappa shape index (κ3) is 4.46. The van der Waals surface area contributed by atoms with E-state index < -0.39 is 10.0 Å². The number of sulfonamides is 1. The van der Waals surface area contributed by atoms with E-state index in [4.69, 9.17) is 0 Å². The lowest BCUT2D eigenvalue weighted by Crippen LogP contribution is -2.50. The lowest BCUT2D eigenvalue weighted by molar-refractivity contribution is -0.117. The van der Waals surface area contributed by atoms with Gasteiger partial charge in [0.15, 0.2) is 0 Å². The average molecular weight is 380 g/mol. The van der Waals surface area contributed by atoms with Crippen molar-refractivity contribution in [1.29, 1.82) is 0 Å². The van der Waals surface area contributed by atoms with Gasteiger partial charge in [0.1, 0.15) is 4.21 Å². The molecule has 0 spiro atoms. The Bertz CT molecular complexity index is 809. The number of rotatable bonds is 5. The summed E-state index contributed by atoms with van der Waals surface area (Å²) in [6, 6.07) is 11.0. The van der Waals surface area contributed by atoms with Crippen molar-refractivity contribution in [1.82, 2.24) is 9.21 Å². The van der Waals surface area contributed by atoms with Gasteiger partial charge in [0, 0.05) is 31.9 Å². The zero-order valence-electron chi connectivity index (χ0n) is 14.0. The molecule has 6 nitrogen and oxygen atoms in total. The predicted octanol–water partition coefficient (Wildman–Crippen LogP) is 2.00. The Morgan fingerprint density at radius 1 is 1.12 bits per heavy atom. The fraction of sp³-hybridized carbons (Fsp3) is 0.353. The van der Waals surface area contributed by atoms with Crippen molar-refractivity contribution in [3.8, 4) is 0 Å². The maximum Gasteiger partial charge on any atom is 0.252 e. The summed E-state index contributed by atoms with van der Waals surface area (Å²) in [5, 5.41) is 4.63. The predicted molar refractivity (Wildman–Crippen MR) is 99.3 cm³/mol. The second-order valence-electron chi connectivity index (χ2n) is 6.03. The van der Waals surface area contributed by atoms with Gasteiger partial charge < -0.3 is 5.32 Å². The number of nitrogens with one attached hydrogen (secondary N) is 1. The maximum atomic E-state index is 12.5. The van der Waals surface area contributed by atoms with Crippen LogP contribution in [0.15, 0.2) is 46.0 Å². The van der Waals surface area contributed by atoms with Crippen LogP contribution in [0.3, 0.4) is 0 Å². The molecule has 2 heterocycles. The summed E-state index contributed by atoms with van der Waals surface area (Å²) >= 11 is 1.23. The molecule has 0 bridgehead atoms. The van der Waals surface area contributed by atoms with Crippen LogP contribution in [0.5, 0.6) is 0 Å². The zero-order chi connectivity index (χ0) is 17.9. The van der Waals surface area contributed by atoms with Crippen LogP contribution in [0.2, 0.25) is 0 Å². The molecule has 1 aromatic heterocycles. The van der Waals surface area contributed by atoms with Gasteiger partial charge in [-0.2, -0.15) is 4.31 Å². The molecule has 1 amide bonds. The van der Waals surface area contributed by atoms with Gasteiger partial charge in [-0.3, -0.25) is 9.69 Å². The van der Waals surface area contributed by atoms with E-state index in [0.29, 0.717) is 30.4 Å². The fourth-order valence-electron chi connectivity index (χ4n) is 2.71. The molecule has 2 aromatic rings. The molecule has 1 fully saturated rings. The summed E-state index contributed by atoms with van der Waals surface area (Å²) in [5.41, 5.74) is 1.91. The zero-order valence-corrected chi connectivity index (χ0v) is 15.6. The second kappa shape index (κ2) is 7.65. The second-order valence-corrected chi connectivity index (χ2v) is 9.14. The Balaban J connectivity index is 1.51. The first kappa shape index (κ1) is 18.1. The lowest BCUT2D eigenvalue weighted by atomic mass is 10.2. The molecule has 1 aliphatic rings. The number of aryl methyl sites for hydroxylation is 1. The summed E-state index contributed by atoms with van der Waals surface area (Å²) in [7, 11) is -3.40. The topological polar surface area (TPSA) is 69.7 Å². The fourth-order valence-corrected chi connectivity index (χ4v) is 5.27. The van der Waals surface area contributed by atoms with Crippen LogP contribution in [-0.2, 0) is 14.8 Å². The Kier molecular flexibility index (Phi) is 5.53. The molecule has 0 radical (unpaired) electrons. The third-order valence-corrected chi connectivity index (χ3v) is 7.39. The highest BCUT2D eigenvalue weighted by molar-refractivity contribution is 7.91. The van der Waals surface area contributed by atoms with Gasteiger partial charge in [-0.25, -0.2) is 8.42 Å². The minimum absolute atomic E-state index is 0.0848. The summed E-state index contributed by atoms with van der Waals surface area (Å²) in [5.74, 6) is -0.0848. The van der Waals surface area contributed by atoms with E-state index in [2.05, 4.69) is 5.32 Å². The number of thiophene rings is 1. The van der Waals surface area contributed by atoms with Crippen LogP contribution in [0.25, 0.3) is 0 Å². The highest BCUT2D eigenvalue weighted by Crippen LogP contribution is 2.22. The number of hydrogen-bond acceptors (Lipinski definition) is 5. The highest BCUT2D eigenvalue weighted by atomic mass is 32.2. The minimum atomic E-state index is -3.40. The van der Waals surface area contributed by atoms with Crippen LogP contribution in [0.4, 0.5) is 5.69 Å².